The molecule has 4 N–H and O–H groups in total. The molecule has 0 heterocycles. The van der Waals surface area contributed by atoms with Crippen LogP contribution in [0.25, 0.3) is 0 Å². The highest BCUT2D eigenvalue weighted by Crippen LogP contribution is 1.97. The van der Waals surface area contributed by atoms with Crippen LogP contribution in [0.1, 0.15) is 41.0 Å². The third-order valence-corrected chi connectivity index (χ3v) is 2.06. The van der Waals surface area contributed by atoms with E-state index in [2.05, 4.69) is 56.1 Å². The summed E-state index contributed by atoms with van der Waals surface area (Å²) in [6, 6.07) is 0.567. The topological polar surface area (TPSA) is 48.1 Å². The Balaban J connectivity index is 3.05. The van der Waals surface area contributed by atoms with Crippen molar-refractivity contribution in [3.63, 3.8) is 0 Å². The number of hydrogen-bond acceptors (Lipinski definition) is 4. The van der Waals surface area contributed by atoms with Gasteiger partial charge in [0.1, 0.15) is 0 Å². The first kappa shape index (κ1) is 15.8. The van der Waals surface area contributed by atoms with Crippen LogP contribution in [0.3, 0.4) is 0 Å². The number of nitrogens with one attached hydrogen (secondary N) is 4. The van der Waals surface area contributed by atoms with E-state index in [0.717, 1.165) is 32.6 Å². The van der Waals surface area contributed by atoms with Gasteiger partial charge in [-0.3, -0.25) is 10.9 Å². The molecular formula is C12H30N4. The Hall–Kier alpha value is -0.160. The minimum atomic E-state index is 0.231. The van der Waals surface area contributed by atoms with Gasteiger partial charge >= 0.3 is 0 Å². The average Bonchev–Trinajstić information content (AvgIpc) is 2.13. The molecular weight excluding hydrogens is 200 g/mol. The van der Waals surface area contributed by atoms with E-state index in [0.29, 0.717) is 6.04 Å². The van der Waals surface area contributed by atoms with Crippen LogP contribution >= 0.6 is 0 Å². The summed E-state index contributed by atoms with van der Waals surface area (Å²) in [5, 5.41) is 6.81. The van der Waals surface area contributed by atoms with Gasteiger partial charge in [0.15, 0.2) is 0 Å². The molecule has 0 saturated carbocycles. The Morgan fingerprint density at radius 1 is 0.875 bits per heavy atom. The molecule has 0 aromatic heterocycles. The van der Waals surface area contributed by atoms with Crippen molar-refractivity contribution in [2.24, 2.45) is 0 Å². The Kier molecular flexibility index (Phi) is 8.84. The van der Waals surface area contributed by atoms with E-state index in [1.807, 2.05) is 0 Å². The second-order valence-corrected chi connectivity index (χ2v) is 5.49. The molecule has 4 heteroatoms. The molecule has 0 saturated heterocycles. The van der Waals surface area contributed by atoms with Crippen LogP contribution in [0, 0.1) is 0 Å². The molecule has 0 aromatic rings. The Labute approximate surface area is 101 Å². The van der Waals surface area contributed by atoms with Gasteiger partial charge in [0.2, 0.25) is 0 Å². The molecule has 0 atom stereocenters. The Morgan fingerprint density at radius 3 is 2.06 bits per heavy atom. The normalized spacial score (nSPS) is 12.4. The van der Waals surface area contributed by atoms with Gasteiger partial charge in [-0.2, -0.15) is 0 Å². The smallest absolute Gasteiger partial charge is 0.0225 e. The van der Waals surface area contributed by atoms with E-state index in [4.69, 9.17) is 0 Å². The van der Waals surface area contributed by atoms with Gasteiger partial charge in [-0.05, 0) is 33.7 Å². The molecule has 0 rings (SSSR count). The maximum Gasteiger partial charge on any atom is 0.0225 e. The lowest BCUT2D eigenvalue weighted by Crippen LogP contribution is -2.41. The molecule has 16 heavy (non-hydrogen) atoms. The zero-order valence-corrected chi connectivity index (χ0v) is 11.6. The van der Waals surface area contributed by atoms with Crippen molar-refractivity contribution >= 4 is 0 Å². The molecule has 0 bridgehead atoms. The highest BCUT2D eigenvalue weighted by molar-refractivity contribution is 4.69. The predicted molar refractivity (Wildman–Crippen MR) is 71.5 cm³/mol. The monoisotopic (exact) mass is 230 g/mol. The van der Waals surface area contributed by atoms with E-state index in [1.54, 1.807) is 0 Å². The van der Waals surface area contributed by atoms with Gasteiger partial charge in [-0.25, -0.2) is 0 Å². The standard InChI is InChI=1S/C12H30N4/c1-11(2)13-9-10-16-15-8-6-7-14-12(3,4)5/h11,13-16H,6-10H2,1-5H3. The number of hydrogen-bond donors (Lipinski definition) is 4. The predicted octanol–water partition coefficient (Wildman–Crippen LogP) is 0.857. The van der Waals surface area contributed by atoms with Crippen LogP contribution in [-0.4, -0.2) is 37.8 Å². The van der Waals surface area contributed by atoms with Gasteiger partial charge in [-0.1, -0.05) is 13.8 Å². The molecule has 0 aliphatic carbocycles. The molecule has 0 aromatic carbocycles. The maximum absolute atomic E-state index is 3.46. The molecule has 0 amide bonds. The molecule has 4 nitrogen and oxygen atoms in total. The summed E-state index contributed by atoms with van der Waals surface area (Å²) in [7, 11) is 0. The minimum absolute atomic E-state index is 0.231. The number of rotatable bonds is 9. The summed E-state index contributed by atoms with van der Waals surface area (Å²) in [5.41, 5.74) is 6.64. The second kappa shape index (κ2) is 8.93. The lowest BCUT2D eigenvalue weighted by atomic mass is 10.1. The summed E-state index contributed by atoms with van der Waals surface area (Å²) in [4.78, 5) is 0. The molecule has 0 unspecified atom stereocenters. The third-order valence-electron chi connectivity index (χ3n) is 2.06. The van der Waals surface area contributed by atoms with Gasteiger partial charge in [0.25, 0.3) is 0 Å². The minimum Gasteiger partial charge on any atom is -0.313 e. The molecule has 0 aliphatic rings. The molecule has 0 spiro atoms. The zero-order valence-electron chi connectivity index (χ0n) is 11.6. The van der Waals surface area contributed by atoms with Crippen LogP contribution < -0.4 is 21.5 Å². The van der Waals surface area contributed by atoms with Crippen LogP contribution in [0.2, 0.25) is 0 Å². The van der Waals surface area contributed by atoms with Crippen LogP contribution in [-0.2, 0) is 0 Å². The van der Waals surface area contributed by atoms with E-state index >= 15 is 0 Å². The summed E-state index contributed by atoms with van der Waals surface area (Å²) in [6.07, 6.45) is 1.14. The van der Waals surface area contributed by atoms with E-state index in [1.165, 1.54) is 0 Å². The quantitative estimate of drug-likeness (QED) is 0.350. The van der Waals surface area contributed by atoms with Crippen LogP contribution in [0.5, 0.6) is 0 Å². The van der Waals surface area contributed by atoms with Crippen molar-refractivity contribution in [2.45, 2.75) is 52.6 Å². The first-order chi connectivity index (χ1) is 7.42. The fourth-order valence-corrected chi connectivity index (χ4v) is 1.24. The summed E-state index contributed by atoms with van der Waals surface area (Å²) in [5.74, 6) is 0. The van der Waals surface area contributed by atoms with Crippen molar-refractivity contribution in [1.82, 2.24) is 21.5 Å². The van der Waals surface area contributed by atoms with Crippen LogP contribution in [0.4, 0.5) is 0 Å². The summed E-state index contributed by atoms with van der Waals surface area (Å²) < 4.78 is 0. The van der Waals surface area contributed by atoms with Gasteiger partial charge in [0.05, 0.1) is 0 Å². The first-order valence-corrected chi connectivity index (χ1v) is 6.36. The molecule has 0 radical (unpaired) electrons. The summed E-state index contributed by atoms with van der Waals surface area (Å²) in [6.45, 7) is 14.9. The van der Waals surface area contributed by atoms with Crippen LogP contribution in [0.15, 0.2) is 0 Å². The highest BCUT2D eigenvalue weighted by Gasteiger charge is 2.06. The lowest BCUT2D eigenvalue weighted by molar-refractivity contribution is 0.410. The Bertz CT molecular complexity index is 152. The third kappa shape index (κ3) is 13.8. The van der Waals surface area contributed by atoms with Gasteiger partial charge in [0, 0.05) is 31.2 Å². The van der Waals surface area contributed by atoms with Crippen molar-refractivity contribution < 1.29 is 0 Å². The SMILES string of the molecule is CC(C)NCCNNCCCNC(C)(C)C. The molecule has 98 valence electrons. The van der Waals surface area contributed by atoms with Crippen molar-refractivity contribution in [1.29, 1.82) is 0 Å². The fourth-order valence-electron chi connectivity index (χ4n) is 1.24. The van der Waals surface area contributed by atoms with Gasteiger partial charge < -0.3 is 10.6 Å². The van der Waals surface area contributed by atoms with E-state index in [9.17, 15) is 0 Å². The molecule has 0 aliphatic heterocycles. The Morgan fingerprint density at radius 2 is 1.50 bits per heavy atom. The second-order valence-electron chi connectivity index (χ2n) is 5.49. The van der Waals surface area contributed by atoms with Gasteiger partial charge in [-0.15, -0.1) is 0 Å². The average molecular weight is 230 g/mol. The highest BCUT2D eigenvalue weighted by atomic mass is 15.3. The number of hydrazine groups is 1. The van der Waals surface area contributed by atoms with E-state index < -0.39 is 0 Å². The van der Waals surface area contributed by atoms with E-state index in [-0.39, 0.29) is 5.54 Å². The first-order valence-electron chi connectivity index (χ1n) is 6.36. The lowest BCUT2D eigenvalue weighted by Gasteiger charge is -2.20. The fraction of sp³-hybridized carbons (Fsp3) is 1.00. The largest absolute Gasteiger partial charge is 0.313 e. The molecule has 0 fully saturated rings. The van der Waals surface area contributed by atoms with Crippen molar-refractivity contribution in [3.05, 3.63) is 0 Å². The maximum atomic E-state index is 3.46. The zero-order chi connectivity index (χ0) is 12.4. The van der Waals surface area contributed by atoms with Crippen molar-refractivity contribution in [3.8, 4) is 0 Å². The van der Waals surface area contributed by atoms with Crippen molar-refractivity contribution in [2.75, 3.05) is 26.2 Å². The summed E-state index contributed by atoms with van der Waals surface area (Å²) >= 11 is 0.